The Hall–Kier alpha value is -0.350. The van der Waals surface area contributed by atoms with Crippen LogP contribution < -0.4 is 0 Å². The molecule has 0 aromatic carbocycles. The Kier molecular flexibility index (Phi) is 2.62. The molecule has 5 heteroatoms. The fraction of sp³-hybridized carbons (Fsp3) is 0.800. The molecule has 61 valence electrons. The molecule has 0 aromatic heterocycles. The summed E-state index contributed by atoms with van der Waals surface area (Å²) >= 11 is 0. The van der Waals surface area contributed by atoms with Gasteiger partial charge < -0.3 is 0 Å². The van der Waals surface area contributed by atoms with Crippen LogP contribution in [-0.4, -0.2) is 11.8 Å². The summed E-state index contributed by atoms with van der Waals surface area (Å²) in [4.78, 5) is 0. The van der Waals surface area contributed by atoms with Crippen molar-refractivity contribution in [2.24, 2.45) is 0 Å². The average molecular weight is 161 g/mol. The van der Waals surface area contributed by atoms with E-state index in [2.05, 4.69) is 0 Å². The Morgan fingerprint density at radius 3 is 1.70 bits per heavy atom. The molecule has 0 saturated carbocycles. The molecular formula is C5H6F5. The third-order valence-corrected chi connectivity index (χ3v) is 1.07. The van der Waals surface area contributed by atoms with Crippen molar-refractivity contribution in [3.8, 4) is 0 Å². The van der Waals surface area contributed by atoms with E-state index < -0.39 is 24.9 Å². The largest absolute Gasteiger partial charge is 0.343 e. The van der Waals surface area contributed by atoms with Crippen molar-refractivity contribution in [1.29, 1.82) is 0 Å². The molecule has 10 heavy (non-hydrogen) atoms. The van der Waals surface area contributed by atoms with Gasteiger partial charge in [-0.3, -0.25) is 0 Å². The van der Waals surface area contributed by atoms with Gasteiger partial charge in [0.1, 0.15) is 0 Å². The van der Waals surface area contributed by atoms with Crippen molar-refractivity contribution in [3.05, 3.63) is 6.67 Å². The topological polar surface area (TPSA) is 0 Å². The molecule has 0 rings (SSSR count). The molecule has 0 N–H and O–H groups in total. The van der Waals surface area contributed by atoms with Gasteiger partial charge in [0.2, 0.25) is 6.67 Å². The Balaban J connectivity index is 4.28. The van der Waals surface area contributed by atoms with Crippen LogP contribution in [0.25, 0.3) is 0 Å². The molecular weight excluding hydrogens is 155 g/mol. The van der Waals surface area contributed by atoms with Gasteiger partial charge in [0.25, 0.3) is 0 Å². The van der Waals surface area contributed by atoms with Crippen molar-refractivity contribution in [1.82, 2.24) is 0 Å². The molecule has 0 bridgehead atoms. The highest BCUT2D eigenvalue weighted by atomic mass is 19.3. The first-order valence-electron chi connectivity index (χ1n) is 2.57. The zero-order valence-electron chi connectivity index (χ0n) is 5.17. The highest BCUT2D eigenvalue weighted by molar-refractivity contribution is 4.89. The predicted molar refractivity (Wildman–Crippen MR) is 25.6 cm³/mol. The lowest BCUT2D eigenvalue weighted by Gasteiger charge is -2.21. The normalized spacial score (nSPS) is 13.8. The van der Waals surface area contributed by atoms with E-state index in [0.717, 1.165) is 6.92 Å². The summed E-state index contributed by atoms with van der Waals surface area (Å²) < 4.78 is 58.4. The van der Waals surface area contributed by atoms with E-state index >= 15 is 0 Å². The van der Waals surface area contributed by atoms with E-state index in [1.807, 2.05) is 0 Å². The summed E-state index contributed by atoms with van der Waals surface area (Å²) in [5.41, 5.74) is 0. The molecule has 0 fully saturated rings. The maximum absolute atomic E-state index is 11.9. The van der Waals surface area contributed by atoms with E-state index in [4.69, 9.17) is 0 Å². The van der Waals surface area contributed by atoms with Crippen LogP contribution in [0, 0.1) is 6.67 Å². The quantitative estimate of drug-likeness (QED) is 0.558. The number of hydrogen-bond donors (Lipinski definition) is 0. The first kappa shape index (κ1) is 9.65. The fourth-order valence-electron chi connectivity index (χ4n) is 0.316. The molecule has 0 unspecified atom stereocenters. The summed E-state index contributed by atoms with van der Waals surface area (Å²) in [6.07, 6.45) is -1.08. The van der Waals surface area contributed by atoms with Gasteiger partial charge >= 0.3 is 11.8 Å². The molecule has 0 aliphatic rings. The Bertz CT molecular complexity index is 94.6. The number of alkyl halides is 4. The maximum Gasteiger partial charge on any atom is 0.343 e. The van der Waals surface area contributed by atoms with Crippen LogP contribution in [0.2, 0.25) is 0 Å². The van der Waals surface area contributed by atoms with Gasteiger partial charge in [0.05, 0.1) is 0 Å². The fourth-order valence-corrected chi connectivity index (χ4v) is 0.316. The second-order valence-electron chi connectivity index (χ2n) is 1.79. The highest BCUT2D eigenvalue weighted by Crippen LogP contribution is 2.38. The number of hydrogen-bond acceptors (Lipinski definition) is 0. The molecule has 0 atom stereocenters. The van der Waals surface area contributed by atoms with E-state index in [9.17, 15) is 22.0 Å². The SMILES string of the molecule is CCC(F)(F)C(F)(F)[CH]F. The van der Waals surface area contributed by atoms with Gasteiger partial charge in [0, 0.05) is 6.42 Å². The Labute approximate surface area is 55.0 Å². The van der Waals surface area contributed by atoms with E-state index in [-0.39, 0.29) is 0 Å². The standard InChI is InChI=1S/C5H6F5/c1-2-4(7,8)5(9,10)3-6/h3H,2H2,1H3. The van der Waals surface area contributed by atoms with Crippen LogP contribution >= 0.6 is 0 Å². The van der Waals surface area contributed by atoms with Gasteiger partial charge in [-0.2, -0.15) is 17.6 Å². The van der Waals surface area contributed by atoms with Crippen molar-refractivity contribution in [2.45, 2.75) is 25.2 Å². The molecule has 0 nitrogen and oxygen atoms in total. The van der Waals surface area contributed by atoms with Crippen LogP contribution in [0.3, 0.4) is 0 Å². The van der Waals surface area contributed by atoms with E-state index in [0.29, 0.717) is 0 Å². The van der Waals surface area contributed by atoms with Gasteiger partial charge in [-0.1, -0.05) is 6.92 Å². The maximum atomic E-state index is 11.9. The lowest BCUT2D eigenvalue weighted by molar-refractivity contribution is -0.199. The predicted octanol–water partition coefficient (Wildman–Crippen LogP) is 2.80. The van der Waals surface area contributed by atoms with Crippen LogP contribution in [0.5, 0.6) is 0 Å². The lowest BCUT2D eigenvalue weighted by atomic mass is 10.1. The number of rotatable bonds is 3. The summed E-state index contributed by atoms with van der Waals surface area (Å²) in [5.74, 6) is -8.91. The third-order valence-electron chi connectivity index (χ3n) is 1.07. The molecule has 0 spiro atoms. The summed E-state index contributed by atoms with van der Waals surface area (Å²) in [6.45, 7) is -0.423. The summed E-state index contributed by atoms with van der Waals surface area (Å²) in [7, 11) is 0. The molecule has 1 radical (unpaired) electrons. The Morgan fingerprint density at radius 1 is 1.20 bits per heavy atom. The minimum absolute atomic E-state index is 0.859. The molecule has 0 aromatic rings. The molecule has 0 aliphatic heterocycles. The highest BCUT2D eigenvalue weighted by Gasteiger charge is 2.55. The average Bonchev–Trinajstić information content (AvgIpc) is 1.88. The van der Waals surface area contributed by atoms with Gasteiger partial charge in [-0.25, -0.2) is 4.39 Å². The summed E-state index contributed by atoms with van der Waals surface area (Å²) in [5, 5.41) is 0. The van der Waals surface area contributed by atoms with Gasteiger partial charge in [0.15, 0.2) is 0 Å². The molecule has 0 aliphatic carbocycles. The minimum Gasteiger partial charge on any atom is -0.237 e. The van der Waals surface area contributed by atoms with Crippen LogP contribution in [-0.2, 0) is 0 Å². The Morgan fingerprint density at radius 2 is 1.60 bits per heavy atom. The molecule has 0 heterocycles. The van der Waals surface area contributed by atoms with E-state index in [1.165, 1.54) is 0 Å². The van der Waals surface area contributed by atoms with Crippen LogP contribution in [0.15, 0.2) is 0 Å². The monoisotopic (exact) mass is 161 g/mol. The second-order valence-corrected chi connectivity index (χ2v) is 1.79. The first-order chi connectivity index (χ1) is 4.37. The van der Waals surface area contributed by atoms with Crippen molar-refractivity contribution in [2.75, 3.05) is 0 Å². The third kappa shape index (κ3) is 1.58. The molecule has 0 amide bonds. The lowest BCUT2D eigenvalue weighted by Crippen LogP contribution is -2.39. The van der Waals surface area contributed by atoms with E-state index in [1.54, 1.807) is 0 Å². The molecule has 0 saturated heterocycles. The van der Waals surface area contributed by atoms with Gasteiger partial charge in [-0.05, 0) is 0 Å². The van der Waals surface area contributed by atoms with Crippen molar-refractivity contribution in [3.63, 3.8) is 0 Å². The zero-order valence-corrected chi connectivity index (χ0v) is 5.17. The second kappa shape index (κ2) is 2.72. The minimum atomic E-state index is -4.64. The van der Waals surface area contributed by atoms with Crippen molar-refractivity contribution >= 4 is 0 Å². The first-order valence-corrected chi connectivity index (χ1v) is 2.57. The van der Waals surface area contributed by atoms with Crippen LogP contribution in [0.1, 0.15) is 13.3 Å². The van der Waals surface area contributed by atoms with Crippen molar-refractivity contribution < 1.29 is 22.0 Å². The zero-order chi connectivity index (χ0) is 8.41. The summed E-state index contributed by atoms with van der Waals surface area (Å²) in [6, 6.07) is 0. The van der Waals surface area contributed by atoms with Crippen LogP contribution in [0.4, 0.5) is 22.0 Å². The van der Waals surface area contributed by atoms with Gasteiger partial charge in [-0.15, -0.1) is 0 Å². The number of halogens is 5. The smallest absolute Gasteiger partial charge is 0.237 e.